The van der Waals surface area contributed by atoms with E-state index in [4.69, 9.17) is 24.6 Å². The van der Waals surface area contributed by atoms with E-state index in [-0.39, 0.29) is 5.96 Å². The van der Waals surface area contributed by atoms with Gasteiger partial charge in [-0.25, -0.2) is 0 Å². The Bertz CT molecular complexity index is 78.3. The molecule has 8 heteroatoms. The molecular formula is CH9N3O4Si. The van der Waals surface area contributed by atoms with Crippen molar-refractivity contribution in [1.29, 1.82) is 5.41 Å². The molecular weight excluding hydrogens is 146 g/mol. The van der Waals surface area contributed by atoms with Crippen LogP contribution in [0.3, 0.4) is 0 Å². The summed E-state index contributed by atoms with van der Waals surface area (Å²) in [5.74, 6) is -0.333. The Labute approximate surface area is 52.2 Å². The highest BCUT2D eigenvalue weighted by molar-refractivity contribution is 6.46. The lowest BCUT2D eigenvalue weighted by Crippen LogP contribution is -2.33. The fourth-order valence-corrected chi connectivity index (χ4v) is 0. The molecule has 0 aromatic carbocycles. The van der Waals surface area contributed by atoms with Crippen molar-refractivity contribution in [2.24, 2.45) is 11.5 Å². The van der Waals surface area contributed by atoms with Crippen molar-refractivity contribution in [2.45, 2.75) is 0 Å². The normalized spacial score (nSPS) is 9.33. The van der Waals surface area contributed by atoms with Gasteiger partial charge in [0.05, 0.1) is 0 Å². The average Bonchev–Trinajstić information content (AvgIpc) is 1.19. The van der Waals surface area contributed by atoms with Crippen molar-refractivity contribution < 1.29 is 19.2 Å². The first-order chi connectivity index (χ1) is 3.73. The maximum Gasteiger partial charge on any atom is 0.668 e. The molecule has 0 atom stereocenters. The van der Waals surface area contributed by atoms with E-state index in [0.717, 1.165) is 0 Å². The molecule has 9 N–H and O–H groups in total. The monoisotopic (exact) mass is 155 g/mol. The van der Waals surface area contributed by atoms with E-state index in [1.54, 1.807) is 0 Å². The third-order valence-corrected chi connectivity index (χ3v) is 0. The summed E-state index contributed by atoms with van der Waals surface area (Å²) >= 11 is 0. The van der Waals surface area contributed by atoms with E-state index in [1.807, 2.05) is 0 Å². The second kappa shape index (κ2) is 4.23. The second-order valence-corrected chi connectivity index (χ2v) is 2.26. The fraction of sp³-hybridized carbons (Fsp3) is 0. The lowest BCUT2D eigenvalue weighted by Gasteiger charge is -1.91. The molecule has 0 aromatic rings. The molecule has 0 radical (unpaired) electrons. The molecule has 0 aromatic heterocycles. The zero-order valence-electron chi connectivity index (χ0n) is 4.44. The minimum atomic E-state index is -4.61. The van der Waals surface area contributed by atoms with Gasteiger partial charge in [-0.2, -0.15) is 0 Å². The summed E-state index contributed by atoms with van der Waals surface area (Å²) in [5, 5.41) is 6.06. The van der Waals surface area contributed by atoms with Crippen LogP contribution >= 0.6 is 0 Å². The second-order valence-electron chi connectivity index (χ2n) is 1.06. The van der Waals surface area contributed by atoms with Crippen molar-refractivity contribution in [3.8, 4) is 0 Å². The van der Waals surface area contributed by atoms with Crippen LogP contribution in [0.2, 0.25) is 0 Å². The van der Waals surface area contributed by atoms with Crippen LogP contribution in [0.15, 0.2) is 0 Å². The molecule has 0 bridgehead atoms. The standard InChI is InChI=1S/CH5N3.H4O4Si/c2-1(3)4;1-5(2,3)4/h(H5,2,3,4);1-4H. The predicted molar refractivity (Wildman–Crippen MR) is 30.7 cm³/mol. The topological polar surface area (TPSA) is 157 Å². The van der Waals surface area contributed by atoms with Crippen LogP contribution < -0.4 is 11.5 Å². The molecule has 0 saturated heterocycles. The lowest BCUT2D eigenvalue weighted by atomic mass is 11.1. The number of nitrogens with two attached hydrogens (primary N) is 2. The summed E-state index contributed by atoms with van der Waals surface area (Å²) in [6, 6.07) is 0. The van der Waals surface area contributed by atoms with Gasteiger partial charge in [0.25, 0.3) is 0 Å². The SMILES string of the molecule is N=C(N)N.O[Si](O)(O)O. The summed E-state index contributed by atoms with van der Waals surface area (Å²) in [7, 11) is -4.61. The maximum atomic E-state index is 7.33. The van der Waals surface area contributed by atoms with Crippen LogP contribution in [0.1, 0.15) is 0 Å². The van der Waals surface area contributed by atoms with Crippen LogP contribution in [0.4, 0.5) is 0 Å². The Kier molecular flexibility index (Phi) is 5.25. The molecule has 0 aliphatic carbocycles. The van der Waals surface area contributed by atoms with E-state index in [2.05, 4.69) is 11.5 Å². The Balaban J connectivity index is 0. The Morgan fingerprint density at radius 3 is 1.11 bits per heavy atom. The van der Waals surface area contributed by atoms with Gasteiger partial charge in [0.1, 0.15) is 0 Å². The van der Waals surface area contributed by atoms with Crippen LogP contribution in [0, 0.1) is 5.41 Å². The highest BCUT2D eigenvalue weighted by Crippen LogP contribution is 1.67. The summed E-state index contributed by atoms with van der Waals surface area (Å²) in [4.78, 5) is 29.3. The van der Waals surface area contributed by atoms with Crippen molar-refractivity contribution in [2.75, 3.05) is 0 Å². The van der Waals surface area contributed by atoms with E-state index < -0.39 is 9.05 Å². The molecule has 0 spiro atoms. The van der Waals surface area contributed by atoms with Crippen molar-refractivity contribution in [3.05, 3.63) is 0 Å². The maximum absolute atomic E-state index is 7.33. The molecule has 0 rings (SSSR count). The average molecular weight is 155 g/mol. The number of hydrogen-bond donors (Lipinski definition) is 7. The van der Waals surface area contributed by atoms with Gasteiger partial charge in [0.2, 0.25) is 0 Å². The predicted octanol–water partition coefficient (Wildman–Crippen LogP) is -3.77. The molecule has 9 heavy (non-hydrogen) atoms. The zero-order chi connectivity index (χ0) is 8.08. The number of guanidine groups is 1. The van der Waals surface area contributed by atoms with E-state index in [0.29, 0.717) is 0 Å². The van der Waals surface area contributed by atoms with Gasteiger partial charge in [0, 0.05) is 0 Å². The highest BCUT2D eigenvalue weighted by Gasteiger charge is 2.22. The molecule has 0 amide bonds. The summed E-state index contributed by atoms with van der Waals surface area (Å²) < 4.78 is 0. The van der Waals surface area contributed by atoms with Gasteiger partial charge in [-0.05, 0) is 0 Å². The largest absolute Gasteiger partial charge is 0.668 e. The summed E-state index contributed by atoms with van der Waals surface area (Å²) in [6.07, 6.45) is 0. The van der Waals surface area contributed by atoms with Gasteiger partial charge in [-0.15, -0.1) is 0 Å². The van der Waals surface area contributed by atoms with Crippen LogP contribution in [0.25, 0.3) is 0 Å². The number of nitrogens with one attached hydrogen (secondary N) is 1. The molecule has 0 heterocycles. The Morgan fingerprint density at radius 2 is 1.11 bits per heavy atom. The first-order valence-electron chi connectivity index (χ1n) is 1.72. The minimum Gasteiger partial charge on any atom is -0.370 e. The zero-order valence-corrected chi connectivity index (χ0v) is 5.44. The van der Waals surface area contributed by atoms with E-state index >= 15 is 0 Å². The van der Waals surface area contributed by atoms with E-state index in [1.165, 1.54) is 0 Å². The van der Waals surface area contributed by atoms with Gasteiger partial charge in [-0.3, -0.25) is 5.41 Å². The van der Waals surface area contributed by atoms with Gasteiger partial charge >= 0.3 is 9.05 Å². The summed E-state index contributed by atoms with van der Waals surface area (Å²) in [5.41, 5.74) is 8.94. The molecule has 0 unspecified atom stereocenters. The van der Waals surface area contributed by atoms with Crippen LogP contribution in [0.5, 0.6) is 0 Å². The van der Waals surface area contributed by atoms with Crippen molar-refractivity contribution in [1.82, 2.24) is 0 Å². The van der Waals surface area contributed by atoms with Crippen LogP contribution in [-0.2, 0) is 0 Å². The third kappa shape index (κ3) is 459. The first-order valence-corrected chi connectivity index (χ1v) is 3.51. The van der Waals surface area contributed by atoms with Gasteiger partial charge in [-0.1, -0.05) is 0 Å². The molecule has 0 fully saturated rings. The van der Waals surface area contributed by atoms with Gasteiger partial charge in [0.15, 0.2) is 5.96 Å². The first kappa shape index (κ1) is 11.2. The third-order valence-electron chi connectivity index (χ3n) is 0. The smallest absolute Gasteiger partial charge is 0.370 e. The quantitative estimate of drug-likeness (QED) is 0.108. The molecule has 0 aliphatic heterocycles. The Morgan fingerprint density at radius 1 is 1.11 bits per heavy atom. The van der Waals surface area contributed by atoms with Gasteiger partial charge < -0.3 is 30.7 Å². The van der Waals surface area contributed by atoms with Crippen molar-refractivity contribution >= 4 is 15.0 Å². The molecule has 7 nitrogen and oxygen atoms in total. The molecule has 56 valence electrons. The Hall–Kier alpha value is -0.673. The summed E-state index contributed by atoms with van der Waals surface area (Å²) in [6.45, 7) is 0. The van der Waals surface area contributed by atoms with Crippen molar-refractivity contribution in [3.63, 3.8) is 0 Å². The number of hydrogen-bond acceptors (Lipinski definition) is 5. The lowest BCUT2D eigenvalue weighted by molar-refractivity contribution is 0.117. The molecule has 0 aliphatic rings. The van der Waals surface area contributed by atoms with E-state index in [9.17, 15) is 0 Å². The fourth-order valence-electron chi connectivity index (χ4n) is 0. The minimum absolute atomic E-state index is 0.333. The van der Waals surface area contributed by atoms with Crippen LogP contribution in [-0.4, -0.2) is 34.2 Å². The number of rotatable bonds is 0. The highest BCUT2D eigenvalue weighted by atomic mass is 28.4. The molecule has 0 saturated carbocycles.